The SMILES string of the molecule is CCOc1ccccc1Oc1ccc(CNC(=O)c2nccc3ccccc23)cn1. The zero-order valence-electron chi connectivity index (χ0n) is 16.5. The molecule has 1 N–H and O–H groups in total. The summed E-state index contributed by atoms with van der Waals surface area (Å²) in [4.78, 5) is 21.2. The summed E-state index contributed by atoms with van der Waals surface area (Å²) in [6, 6.07) is 20.7. The zero-order chi connectivity index (χ0) is 20.8. The van der Waals surface area contributed by atoms with Crippen LogP contribution in [0.3, 0.4) is 0 Å². The molecular formula is C24H21N3O3. The molecule has 0 saturated heterocycles. The van der Waals surface area contributed by atoms with Crippen molar-refractivity contribution in [1.29, 1.82) is 0 Å². The van der Waals surface area contributed by atoms with Crippen LogP contribution in [0.25, 0.3) is 10.8 Å². The van der Waals surface area contributed by atoms with Gasteiger partial charge in [-0.3, -0.25) is 9.78 Å². The average molecular weight is 399 g/mol. The first-order chi connectivity index (χ1) is 14.7. The number of ether oxygens (including phenoxy) is 2. The van der Waals surface area contributed by atoms with Crippen molar-refractivity contribution in [1.82, 2.24) is 15.3 Å². The maximum atomic E-state index is 12.6. The topological polar surface area (TPSA) is 73.3 Å². The predicted molar refractivity (Wildman–Crippen MR) is 115 cm³/mol. The normalized spacial score (nSPS) is 10.6. The number of hydrogen-bond acceptors (Lipinski definition) is 5. The molecule has 0 fully saturated rings. The van der Waals surface area contributed by atoms with Gasteiger partial charge in [-0.1, -0.05) is 42.5 Å². The van der Waals surface area contributed by atoms with Crippen molar-refractivity contribution in [2.45, 2.75) is 13.5 Å². The van der Waals surface area contributed by atoms with Crippen LogP contribution < -0.4 is 14.8 Å². The first kappa shape index (κ1) is 19.4. The first-order valence-corrected chi connectivity index (χ1v) is 9.71. The summed E-state index contributed by atoms with van der Waals surface area (Å²) in [5, 5.41) is 4.71. The Balaban J connectivity index is 1.41. The summed E-state index contributed by atoms with van der Waals surface area (Å²) in [6.45, 7) is 2.82. The molecule has 2 aromatic carbocycles. The lowest BCUT2D eigenvalue weighted by Crippen LogP contribution is -2.24. The molecule has 0 spiro atoms. The Bertz CT molecular complexity index is 1150. The van der Waals surface area contributed by atoms with Gasteiger partial charge in [0, 0.05) is 30.4 Å². The fraction of sp³-hybridized carbons (Fsp3) is 0.125. The van der Waals surface area contributed by atoms with Crippen LogP contribution in [0.5, 0.6) is 17.4 Å². The van der Waals surface area contributed by atoms with Gasteiger partial charge in [0.1, 0.15) is 5.69 Å². The minimum Gasteiger partial charge on any atom is -0.490 e. The maximum absolute atomic E-state index is 12.6. The lowest BCUT2D eigenvalue weighted by molar-refractivity contribution is 0.0947. The van der Waals surface area contributed by atoms with Gasteiger partial charge in [-0.05, 0) is 36.1 Å². The van der Waals surface area contributed by atoms with E-state index in [-0.39, 0.29) is 5.91 Å². The Morgan fingerprint density at radius 3 is 2.53 bits per heavy atom. The fourth-order valence-corrected chi connectivity index (χ4v) is 3.06. The highest BCUT2D eigenvalue weighted by Gasteiger charge is 2.11. The molecule has 0 aliphatic heterocycles. The van der Waals surface area contributed by atoms with Gasteiger partial charge in [0.05, 0.1) is 6.61 Å². The molecule has 0 radical (unpaired) electrons. The van der Waals surface area contributed by atoms with E-state index in [0.717, 1.165) is 16.3 Å². The van der Waals surface area contributed by atoms with Gasteiger partial charge in [0.15, 0.2) is 11.5 Å². The van der Waals surface area contributed by atoms with Crippen molar-refractivity contribution in [2.75, 3.05) is 6.61 Å². The largest absolute Gasteiger partial charge is 0.490 e. The van der Waals surface area contributed by atoms with Crippen LogP contribution in [0.4, 0.5) is 0 Å². The van der Waals surface area contributed by atoms with E-state index in [4.69, 9.17) is 9.47 Å². The molecule has 6 nitrogen and oxygen atoms in total. The van der Waals surface area contributed by atoms with Gasteiger partial charge in [-0.2, -0.15) is 0 Å². The monoisotopic (exact) mass is 399 g/mol. The minimum absolute atomic E-state index is 0.224. The number of carbonyl (C=O) groups is 1. The van der Waals surface area contributed by atoms with Crippen LogP contribution in [0.2, 0.25) is 0 Å². The van der Waals surface area contributed by atoms with Gasteiger partial charge in [0.2, 0.25) is 5.88 Å². The molecule has 0 saturated carbocycles. The number of nitrogens with one attached hydrogen (secondary N) is 1. The Labute approximate surface area is 174 Å². The number of hydrogen-bond donors (Lipinski definition) is 1. The number of benzene rings is 2. The summed E-state index contributed by atoms with van der Waals surface area (Å²) in [5.74, 6) is 1.50. The van der Waals surface area contributed by atoms with Crippen LogP contribution in [-0.2, 0) is 6.54 Å². The molecule has 4 aromatic rings. The van der Waals surface area contributed by atoms with Crippen LogP contribution >= 0.6 is 0 Å². The maximum Gasteiger partial charge on any atom is 0.270 e. The van der Waals surface area contributed by atoms with Crippen LogP contribution in [0.15, 0.2) is 79.1 Å². The third-order valence-corrected chi connectivity index (χ3v) is 4.50. The number of carbonyl (C=O) groups excluding carboxylic acids is 1. The first-order valence-electron chi connectivity index (χ1n) is 9.71. The Hall–Kier alpha value is -3.93. The molecule has 2 aromatic heterocycles. The number of aromatic nitrogens is 2. The van der Waals surface area contributed by atoms with Gasteiger partial charge >= 0.3 is 0 Å². The summed E-state index contributed by atoms with van der Waals surface area (Å²) >= 11 is 0. The molecule has 30 heavy (non-hydrogen) atoms. The second-order valence-corrected chi connectivity index (χ2v) is 6.55. The molecule has 6 heteroatoms. The molecule has 0 bridgehead atoms. The standard InChI is InChI=1S/C24H21N3O3/c1-2-29-20-9-5-6-10-21(20)30-22-12-11-17(15-26-22)16-27-24(28)23-19-8-4-3-7-18(19)13-14-25-23/h3-15H,2,16H2,1H3,(H,27,28). The molecule has 4 rings (SSSR count). The molecule has 0 aliphatic carbocycles. The lowest BCUT2D eigenvalue weighted by Gasteiger charge is -2.11. The van der Waals surface area contributed by atoms with E-state index in [1.54, 1.807) is 18.5 Å². The van der Waals surface area contributed by atoms with Crippen molar-refractivity contribution in [3.05, 3.63) is 90.4 Å². The van der Waals surface area contributed by atoms with Gasteiger partial charge in [0.25, 0.3) is 5.91 Å². The van der Waals surface area contributed by atoms with Crippen LogP contribution in [-0.4, -0.2) is 22.5 Å². The highest BCUT2D eigenvalue weighted by molar-refractivity contribution is 6.05. The third kappa shape index (κ3) is 4.38. The van der Waals surface area contributed by atoms with Gasteiger partial charge in [-0.15, -0.1) is 0 Å². The quantitative estimate of drug-likeness (QED) is 0.485. The van der Waals surface area contributed by atoms with Gasteiger partial charge < -0.3 is 14.8 Å². The number of amides is 1. The van der Waals surface area contributed by atoms with Crippen molar-refractivity contribution in [2.24, 2.45) is 0 Å². The average Bonchev–Trinajstić information content (AvgIpc) is 2.79. The number of fused-ring (bicyclic) bond motifs is 1. The summed E-state index contributed by atoms with van der Waals surface area (Å²) in [6.07, 6.45) is 3.32. The van der Waals surface area contributed by atoms with Crippen molar-refractivity contribution in [3.63, 3.8) is 0 Å². The molecule has 1 amide bonds. The van der Waals surface area contributed by atoms with E-state index >= 15 is 0 Å². The molecule has 0 atom stereocenters. The minimum atomic E-state index is -0.224. The Kier molecular flexibility index (Phi) is 5.85. The number of rotatable bonds is 7. The molecule has 2 heterocycles. The summed E-state index contributed by atoms with van der Waals surface area (Å²) < 4.78 is 11.4. The molecule has 0 unspecified atom stereocenters. The second kappa shape index (κ2) is 9.05. The zero-order valence-corrected chi connectivity index (χ0v) is 16.5. The van der Waals surface area contributed by atoms with Crippen molar-refractivity contribution < 1.29 is 14.3 Å². The summed E-state index contributed by atoms with van der Waals surface area (Å²) in [7, 11) is 0. The highest BCUT2D eigenvalue weighted by atomic mass is 16.5. The van der Waals surface area contributed by atoms with E-state index in [0.29, 0.717) is 36.2 Å². The number of pyridine rings is 2. The van der Waals surface area contributed by atoms with Gasteiger partial charge in [-0.25, -0.2) is 4.98 Å². The Morgan fingerprint density at radius 2 is 1.73 bits per heavy atom. The van der Waals surface area contributed by atoms with Crippen molar-refractivity contribution >= 4 is 16.7 Å². The predicted octanol–water partition coefficient (Wildman–Crippen LogP) is 4.75. The third-order valence-electron chi connectivity index (χ3n) is 4.50. The number of para-hydroxylation sites is 2. The molecule has 150 valence electrons. The molecule has 0 aliphatic rings. The van der Waals surface area contributed by atoms with Crippen molar-refractivity contribution in [3.8, 4) is 17.4 Å². The highest BCUT2D eigenvalue weighted by Crippen LogP contribution is 2.30. The number of nitrogens with zero attached hydrogens (tertiary/aromatic N) is 2. The Morgan fingerprint density at radius 1 is 0.933 bits per heavy atom. The van der Waals surface area contributed by atoms with E-state index in [1.165, 1.54) is 0 Å². The summed E-state index contributed by atoms with van der Waals surface area (Å²) in [5.41, 5.74) is 1.27. The van der Waals surface area contributed by atoms with E-state index < -0.39 is 0 Å². The van der Waals surface area contributed by atoms with E-state index in [2.05, 4.69) is 15.3 Å². The van der Waals surface area contributed by atoms with Crippen LogP contribution in [0.1, 0.15) is 23.0 Å². The lowest BCUT2D eigenvalue weighted by atomic mass is 10.1. The smallest absolute Gasteiger partial charge is 0.270 e. The van der Waals surface area contributed by atoms with Crippen LogP contribution in [0, 0.1) is 0 Å². The van der Waals surface area contributed by atoms with E-state index in [1.807, 2.05) is 67.6 Å². The molecular weight excluding hydrogens is 378 g/mol. The second-order valence-electron chi connectivity index (χ2n) is 6.55. The van der Waals surface area contributed by atoms with E-state index in [9.17, 15) is 4.79 Å². The fourth-order valence-electron chi connectivity index (χ4n) is 3.06.